The van der Waals surface area contributed by atoms with Crippen LogP contribution >= 0.6 is 0 Å². The number of hydrogen-bond acceptors (Lipinski definition) is 5. The Labute approximate surface area is 186 Å². The first-order valence-corrected chi connectivity index (χ1v) is 11.8. The quantitative estimate of drug-likeness (QED) is 0.597. The lowest BCUT2D eigenvalue weighted by Crippen LogP contribution is -2.44. The van der Waals surface area contributed by atoms with Gasteiger partial charge >= 0.3 is 0 Å². The summed E-state index contributed by atoms with van der Waals surface area (Å²) in [6.07, 6.45) is 2.40. The molecule has 0 radical (unpaired) electrons. The third-order valence-electron chi connectivity index (χ3n) is 5.50. The van der Waals surface area contributed by atoms with Gasteiger partial charge in [-0.05, 0) is 37.1 Å². The minimum Gasteiger partial charge on any atom is -0.347 e. The normalized spacial score (nSPS) is 15.4. The molecule has 0 aliphatic carbocycles. The van der Waals surface area contributed by atoms with Crippen molar-refractivity contribution in [3.8, 4) is 0 Å². The second-order valence-electron chi connectivity index (χ2n) is 7.67. The van der Waals surface area contributed by atoms with Gasteiger partial charge in [-0.1, -0.05) is 36.4 Å². The third kappa shape index (κ3) is 4.95. The zero-order chi connectivity index (χ0) is 22.6. The molecule has 2 amide bonds. The molecular formula is C23H24N4O4S. The van der Waals surface area contributed by atoms with Crippen LogP contribution in [-0.4, -0.2) is 49.2 Å². The number of carbonyl (C=O) groups excluding carboxylic acids is 2. The van der Waals surface area contributed by atoms with Gasteiger partial charge in [0.2, 0.25) is 21.8 Å². The van der Waals surface area contributed by atoms with Crippen molar-refractivity contribution in [2.45, 2.75) is 17.7 Å². The maximum absolute atomic E-state index is 12.7. The van der Waals surface area contributed by atoms with Crippen LogP contribution in [0.5, 0.6) is 0 Å². The zero-order valence-electron chi connectivity index (χ0n) is 17.4. The molecule has 1 fully saturated rings. The first kappa shape index (κ1) is 21.9. The first-order valence-electron chi connectivity index (χ1n) is 10.4. The number of carbonyl (C=O) groups is 2. The predicted octanol–water partition coefficient (Wildman–Crippen LogP) is 2.39. The van der Waals surface area contributed by atoms with Crippen molar-refractivity contribution >= 4 is 38.4 Å². The molecule has 32 heavy (non-hydrogen) atoms. The van der Waals surface area contributed by atoms with Gasteiger partial charge in [0.1, 0.15) is 0 Å². The third-order valence-corrected chi connectivity index (χ3v) is 7.42. The Kier molecular flexibility index (Phi) is 6.48. The summed E-state index contributed by atoms with van der Waals surface area (Å²) >= 11 is 0. The lowest BCUT2D eigenvalue weighted by Gasteiger charge is -2.30. The molecule has 0 spiro atoms. The number of nitrogens with one attached hydrogen (secondary N) is 2. The number of hydrogen-bond donors (Lipinski definition) is 2. The van der Waals surface area contributed by atoms with Crippen LogP contribution in [0.3, 0.4) is 0 Å². The highest BCUT2D eigenvalue weighted by molar-refractivity contribution is 7.89. The number of nitrogens with zero attached hydrogens (tertiary/aromatic N) is 2. The van der Waals surface area contributed by atoms with Gasteiger partial charge in [0.15, 0.2) is 0 Å². The number of benzene rings is 2. The maximum atomic E-state index is 12.7. The molecule has 166 valence electrons. The number of fused-ring (bicyclic) bond motifs is 1. The molecule has 1 aliphatic rings. The highest BCUT2D eigenvalue weighted by Gasteiger charge is 2.32. The van der Waals surface area contributed by atoms with E-state index in [9.17, 15) is 18.0 Å². The van der Waals surface area contributed by atoms with Crippen molar-refractivity contribution in [2.24, 2.45) is 5.92 Å². The van der Waals surface area contributed by atoms with Gasteiger partial charge in [0.05, 0.1) is 28.8 Å². The van der Waals surface area contributed by atoms with E-state index in [1.165, 1.54) is 4.31 Å². The molecule has 2 heterocycles. The summed E-state index contributed by atoms with van der Waals surface area (Å²) in [5, 5.41) is 6.30. The fourth-order valence-corrected chi connectivity index (χ4v) is 5.25. The van der Waals surface area contributed by atoms with Gasteiger partial charge in [0.25, 0.3) is 0 Å². The van der Waals surface area contributed by atoms with Crippen molar-refractivity contribution < 1.29 is 18.0 Å². The minimum absolute atomic E-state index is 0.159. The molecule has 0 unspecified atom stereocenters. The molecule has 1 saturated heterocycles. The van der Waals surface area contributed by atoms with Crippen molar-refractivity contribution in [3.63, 3.8) is 0 Å². The van der Waals surface area contributed by atoms with E-state index in [-0.39, 0.29) is 42.3 Å². The second kappa shape index (κ2) is 9.46. The molecular weight excluding hydrogens is 428 g/mol. The molecule has 2 aromatic carbocycles. The molecule has 1 aromatic heterocycles. The molecule has 3 aromatic rings. The zero-order valence-corrected chi connectivity index (χ0v) is 18.2. The van der Waals surface area contributed by atoms with Crippen molar-refractivity contribution in [1.82, 2.24) is 14.6 Å². The van der Waals surface area contributed by atoms with Crippen LogP contribution in [0.15, 0.2) is 71.8 Å². The van der Waals surface area contributed by atoms with Crippen molar-refractivity contribution in [3.05, 3.63) is 66.9 Å². The monoisotopic (exact) mass is 452 g/mol. The Balaban J connectivity index is 1.26. The van der Waals surface area contributed by atoms with E-state index in [0.717, 1.165) is 10.9 Å². The summed E-state index contributed by atoms with van der Waals surface area (Å²) in [5.41, 5.74) is 1.39. The molecule has 0 bridgehead atoms. The number of rotatable bonds is 6. The second-order valence-corrected chi connectivity index (χ2v) is 9.61. The average Bonchev–Trinajstić information content (AvgIpc) is 2.83. The van der Waals surface area contributed by atoms with Crippen LogP contribution in [-0.2, 0) is 19.6 Å². The number of pyridine rings is 1. The Morgan fingerprint density at radius 2 is 1.69 bits per heavy atom. The van der Waals surface area contributed by atoms with E-state index in [1.807, 2.05) is 30.3 Å². The van der Waals surface area contributed by atoms with Gasteiger partial charge < -0.3 is 10.6 Å². The molecule has 2 N–H and O–H groups in total. The van der Waals surface area contributed by atoms with E-state index in [0.29, 0.717) is 18.5 Å². The Bertz CT molecular complexity index is 1220. The van der Waals surface area contributed by atoms with E-state index < -0.39 is 10.0 Å². The SMILES string of the molecule is O=C(CNC(=O)C1CCN(S(=O)(=O)c2ccccc2)CC1)Nc1cnc2ccccc2c1. The lowest BCUT2D eigenvalue weighted by molar-refractivity contribution is -0.128. The average molecular weight is 453 g/mol. The summed E-state index contributed by atoms with van der Waals surface area (Å²) in [4.78, 5) is 29.3. The van der Waals surface area contributed by atoms with Gasteiger partial charge in [-0.3, -0.25) is 14.6 Å². The van der Waals surface area contributed by atoms with Crippen molar-refractivity contribution in [1.29, 1.82) is 0 Å². The van der Waals surface area contributed by atoms with Gasteiger partial charge in [0, 0.05) is 24.4 Å². The highest BCUT2D eigenvalue weighted by Crippen LogP contribution is 2.24. The number of aromatic nitrogens is 1. The van der Waals surface area contributed by atoms with Gasteiger partial charge in [-0.2, -0.15) is 4.31 Å². The lowest BCUT2D eigenvalue weighted by atomic mass is 9.97. The van der Waals surface area contributed by atoms with Crippen LogP contribution in [0.2, 0.25) is 0 Å². The summed E-state index contributed by atoms with van der Waals surface area (Å²) in [5.74, 6) is -0.916. The van der Waals surface area contributed by atoms with Crippen LogP contribution < -0.4 is 10.6 Å². The van der Waals surface area contributed by atoms with E-state index in [4.69, 9.17) is 0 Å². The molecule has 0 atom stereocenters. The highest BCUT2D eigenvalue weighted by atomic mass is 32.2. The smallest absolute Gasteiger partial charge is 0.243 e. The summed E-state index contributed by atoms with van der Waals surface area (Å²) in [7, 11) is -3.56. The van der Waals surface area contributed by atoms with Crippen LogP contribution in [0.25, 0.3) is 10.9 Å². The number of amides is 2. The first-order chi connectivity index (χ1) is 15.4. The molecule has 1 aliphatic heterocycles. The van der Waals surface area contributed by atoms with Crippen LogP contribution in [0.4, 0.5) is 5.69 Å². The number of piperidine rings is 1. The van der Waals surface area contributed by atoms with E-state index in [1.54, 1.807) is 36.5 Å². The number of anilines is 1. The van der Waals surface area contributed by atoms with Gasteiger partial charge in [-0.15, -0.1) is 0 Å². The maximum Gasteiger partial charge on any atom is 0.243 e. The van der Waals surface area contributed by atoms with Gasteiger partial charge in [-0.25, -0.2) is 8.42 Å². The molecule has 9 heteroatoms. The van der Waals surface area contributed by atoms with E-state index >= 15 is 0 Å². The summed E-state index contributed by atoms with van der Waals surface area (Å²) in [6, 6.07) is 17.7. The minimum atomic E-state index is -3.56. The Morgan fingerprint density at radius 3 is 2.44 bits per heavy atom. The Hall–Kier alpha value is -3.30. The topological polar surface area (TPSA) is 108 Å². The Morgan fingerprint density at radius 1 is 1.00 bits per heavy atom. The fourth-order valence-electron chi connectivity index (χ4n) is 3.76. The fraction of sp³-hybridized carbons (Fsp3) is 0.261. The number of sulfonamides is 1. The van der Waals surface area contributed by atoms with Crippen LogP contribution in [0, 0.1) is 5.92 Å². The van der Waals surface area contributed by atoms with E-state index in [2.05, 4.69) is 15.6 Å². The van der Waals surface area contributed by atoms with Crippen LogP contribution in [0.1, 0.15) is 12.8 Å². The summed E-state index contributed by atoms with van der Waals surface area (Å²) in [6.45, 7) is 0.378. The predicted molar refractivity (Wildman–Crippen MR) is 121 cm³/mol. The molecule has 8 nitrogen and oxygen atoms in total. The standard InChI is InChI=1S/C23H24N4O4S/c28-22(26-19-14-18-6-4-5-9-21(18)24-15-19)16-25-23(29)17-10-12-27(13-11-17)32(30,31)20-7-2-1-3-8-20/h1-9,14-15,17H,10-13,16H2,(H,25,29)(H,26,28). The van der Waals surface area contributed by atoms with Crippen molar-refractivity contribution in [2.75, 3.05) is 25.0 Å². The number of para-hydroxylation sites is 1. The molecule has 0 saturated carbocycles. The molecule has 4 rings (SSSR count). The largest absolute Gasteiger partial charge is 0.347 e. The summed E-state index contributed by atoms with van der Waals surface area (Å²) < 4.78 is 26.8.